The number of hydrogen-bond donors (Lipinski definition) is 0. The number of rotatable bonds is 2. The summed E-state index contributed by atoms with van der Waals surface area (Å²) in [4.78, 5) is 2.65. The number of nitriles is 1. The molecule has 0 aliphatic carbocycles. The molecule has 0 aromatic carbocycles. The first-order valence-electron chi connectivity index (χ1n) is 3.89. The third kappa shape index (κ3) is 3.24. The van der Waals surface area contributed by atoms with Gasteiger partial charge in [0.1, 0.15) is 11.8 Å². The highest BCUT2D eigenvalue weighted by atomic mass is 19.4. The number of halogens is 6. The minimum Gasteiger partial charge on any atom is -0.385 e. The molecule has 1 heterocycles. The zero-order chi connectivity index (χ0) is 13.2. The zero-order valence-corrected chi connectivity index (χ0v) is 7.73. The van der Waals surface area contributed by atoms with Crippen LogP contribution in [0.25, 0.3) is 0 Å². The van der Waals surface area contributed by atoms with Crippen molar-refractivity contribution in [3.8, 4) is 11.9 Å². The first kappa shape index (κ1) is 13.1. The van der Waals surface area contributed by atoms with Gasteiger partial charge < -0.3 is 4.74 Å². The summed E-state index contributed by atoms with van der Waals surface area (Å²) in [5.74, 6) is -3.44. The Bertz CT molecular complexity index is 464. The van der Waals surface area contributed by atoms with Gasteiger partial charge in [-0.15, -0.1) is 13.2 Å². The summed E-state index contributed by atoms with van der Waals surface area (Å²) in [5, 5.41) is 8.35. The second kappa shape index (κ2) is 4.48. The van der Waals surface area contributed by atoms with E-state index in [1.807, 2.05) is 0 Å². The molecular formula is C8H2F6N2O. The number of aromatic nitrogens is 1. The van der Waals surface area contributed by atoms with E-state index in [2.05, 4.69) is 9.72 Å². The van der Waals surface area contributed by atoms with E-state index in [1.54, 1.807) is 0 Å². The molecule has 0 radical (unpaired) electrons. The third-order valence-corrected chi connectivity index (χ3v) is 1.50. The van der Waals surface area contributed by atoms with Gasteiger partial charge in [-0.05, 0) is 6.07 Å². The van der Waals surface area contributed by atoms with Crippen LogP contribution < -0.4 is 4.74 Å². The quantitative estimate of drug-likeness (QED) is 0.764. The van der Waals surface area contributed by atoms with Crippen LogP contribution in [0.5, 0.6) is 5.88 Å². The molecule has 9 heteroatoms. The van der Waals surface area contributed by atoms with Crippen LogP contribution in [-0.4, -0.2) is 11.3 Å². The molecule has 3 nitrogen and oxygen atoms in total. The van der Waals surface area contributed by atoms with E-state index in [4.69, 9.17) is 5.26 Å². The SMILES string of the molecule is N#Cc1cc(C(F)F)nc(OC(F)(F)F)c1F. The number of nitrogens with zero attached hydrogens (tertiary/aromatic N) is 2. The van der Waals surface area contributed by atoms with E-state index in [0.29, 0.717) is 6.07 Å². The highest BCUT2D eigenvalue weighted by Gasteiger charge is 2.34. The van der Waals surface area contributed by atoms with Gasteiger partial charge in [-0.2, -0.15) is 9.65 Å². The Hall–Kier alpha value is -1.98. The van der Waals surface area contributed by atoms with Gasteiger partial charge in [0, 0.05) is 0 Å². The predicted octanol–water partition coefficient (Wildman–Crippen LogP) is 2.93. The van der Waals surface area contributed by atoms with Crippen LogP contribution in [0.3, 0.4) is 0 Å². The van der Waals surface area contributed by atoms with Crippen LogP contribution in [0, 0.1) is 17.1 Å². The Morgan fingerprint density at radius 1 is 1.35 bits per heavy atom. The van der Waals surface area contributed by atoms with Crippen molar-refractivity contribution in [3.05, 3.63) is 23.1 Å². The second-order valence-electron chi connectivity index (χ2n) is 2.67. The summed E-state index contributed by atoms with van der Waals surface area (Å²) in [6, 6.07) is 1.47. The maximum absolute atomic E-state index is 13.1. The van der Waals surface area contributed by atoms with Crippen molar-refractivity contribution in [2.24, 2.45) is 0 Å². The standard InChI is InChI=1S/C8H2F6N2O/c9-5-3(2-15)1-4(6(10)11)16-7(5)17-8(12,13)14/h1,6H. The largest absolute Gasteiger partial charge is 0.574 e. The number of pyridine rings is 1. The van der Waals surface area contributed by atoms with Crippen LogP contribution in [0.4, 0.5) is 26.3 Å². The fourth-order valence-corrected chi connectivity index (χ4v) is 0.895. The van der Waals surface area contributed by atoms with Crippen molar-refractivity contribution in [3.63, 3.8) is 0 Å². The molecule has 0 saturated carbocycles. The van der Waals surface area contributed by atoms with Crippen molar-refractivity contribution < 1.29 is 31.1 Å². The topological polar surface area (TPSA) is 45.9 Å². The molecule has 1 aromatic rings. The van der Waals surface area contributed by atoms with Crippen molar-refractivity contribution in [2.75, 3.05) is 0 Å². The van der Waals surface area contributed by atoms with Crippen LogP contribution in [-0.2, 0) is 0 Å². The molecule has 17 heavy (non-hydrogen) atoms. The molecule has 0 aliphatic rings. The number of alkyl halides is 5. The van der Waals surface area contributed by atoms with Gasteiger partial charge in [-0.3, -0.25) is 0 Å². The summed E-state index contributed by atoms with van der Waals surface area (Å²) >= 11 is 0. The average Bonchev–Trinajstić information content (AvgIpc) is 2.18. The average molecular weight is 256 g/mol. The molecule has 1 rings (SSSR count). The van der Waals surface area contributed by atoms with Gasteiger partial charge in [-0.1, -0.05) is 0 Å². The van der Waals surface area contributed by atoms with Crippen molar-refractivity contribution in [2.45, 2.75) is 12.8 Å². The van der Waals surface area contributed by atoms with Crippen LogP contribution in [0.2, 0.25) is 0 Å². The third-order valence-electron chi connectivity index (χ3n) is 1.50. The molecule has 92 valence electrons. The summed E-state index contributed by atoms with van der Waals surface area (Å²) in [6.07, 6.45) is -8.54. The minimum atomic E-state index is -5.29. The molecule has 0 aliphatic heterocycles. The summed E-state index contributed by atoms with van der Waals surface area (Å²) < 4.78 is 76.0. The van der Waals surface area contributed by atoms with Crippen LogP contribution in [0.1, 0.15) is 17.7 Å². The molecule has 0 spiro atoms. The lowest BCUT2D eigenvalue weighted by atomic mass is 10.2. The van der Waals surface area contributed by atoms with Gasteiger partial charge in [0.05, 0.1) is 5.56 Å². The van der Waals surface area contributed by atoms with E-state index in [9.17, 15) is 26.3 Å². The minimum absolute atomic E-state index is 0.350. The zero-order valence-electron chi connectivity index (χ0n) is 7.73. The second-order valence-corrected chi connectivity index (χ2v) is 2.67. The van der Waals surface area contributed by atoms with Gasteiger partial charge in [0.25, 0.3) is 12.3 Å². The molecule has 1 aromatic heterocycles. The van der Waals surface area contributed by atoms with Gasteiger partial charge in [0.2, 0.25) is 5.82 Å². The van der Waals surface area contributed by atoms with E-state index >= 15 is 0 Å². The predicted molar refractivity (Wildman–Crippen MR) is 40.5 cm³/mol. The van der Waals surface area contributed by atoms with E-state index < -0.39 is 35.7 Å². The summed E-state index contributed by atoms with van der Waals surface area (Å²) in [7, 11) is 0. The summed E-state index contributed by atoms with van der Waals surface area (Å²) in [5.41, 5.74) is -2.18. The van der Waals surface area contributed by atoms with E-state index in [-0.39, 0.29) is 0 Å². The Morgan fingerprint density at radius 3 is 2.35 bits per heavy atom. The monoisotopic (exact) mass is 256 g/mol. The highest BCUT2D eigenvalue weighted by molar-refractivity contribution is 5.37. The maximum atomic E-state index is 13.1. The van der Waals surface area contributed by atoms with E-state index in [0.717, 1.165) is 6.07 Å². The molecule has 0 unspecified atom stereocenters. The number of ether oxygens (including phenoxy) is 1. The Kier molecular flexibility index (Phi) is 3.45. The fraction of sp³-hybridized carbons (Fsp3) is 0.250. The normalized spacial score (nSPS) is 11.4. The van der Waals surface area contributed by atoms with Gasteiger partial charge in [-0.25, -0.2) is 13.8 Å². The van der Waals surface area contributed by atoms with Gasteiger partial charge >= 0.3 is 6.36 Å². The Balaban J connectivity index is 3.29. The number of hydrogen-bond acceptors (Lipinski definition) is 3. The highest BCUT2D eigenvalue weighted by Crippen LogP contribution is 2.28. The van der Waals surface area contributed by atoms with Crippen LogP contribution in [0.15, 0.2) is 6.07 Å². The summed E-state index contributed by atoms with van der Waals surface area (Å²) in [6.45, 7) is 0. The molecular weight excluding hydrogens is 254 g/mol. The first-order chi connectivity index (χ1) is 7.74. The van der Waals surface area contributed by atoms with E-state index in [1.165, 1.54) is 0 Å². The lowest BCUT2D eigenvalue weighted by molar-refractivity contribution is -0.277. The maximum Gasteiger partial charge on any atom is 0.574 e. The lowest BCUT2D eigenvalue weighted by Gasteiger charge is -2.10. The molecule has 0 bridgehead atoms. The van der Waals surface area contributed by atoms with Crippen molar-refractivity contribution >= 4 is 0 Å². The molecule has 0 amide bonds. The van der Waals surface area contributed by atoms with Crippen molar-refractivity contribution in [1.29, 1.82) is 5.26 Å². The first-order valence-corrected chi connectivity index (χ1v) is 3.89. The molecule has 0 atom stereocenters. The fourth-order valence-electron chi connectivity index (χ4n) is 0.895. The molecule has 0 fully saturated rings. The Morgan fingerprint density at radius 2 is 1.94 bits per heavy atom. The molecule has 0 saturated heterocycles. The smallest absolute Gasteiger partial charge is 0.385 e. The van der Waals surface area contributed by atoms with Crippen LogP contribution >= 0.6 is 0 Å². The van der Waals surface area contributed by atoms with Gasteiger partial charge in [0.15, 0.2) is 0 Å². The lowest BCUT2D eigenvalue weighted by Crippen LogP contribution is -2.19. The van der Waals surface area contributed by atoms with Crippen molar-refractivity contribution in [1.82, 2.24) is 4.98 Å². The molecule has 0 N–H and O–H groups in total. The Labute approximate surface area is 90.2 Å².